The van der Waals surface area contributed by atoms with E-state index in [1.165, 1.54) is 31.6 Å². The molecular formula is C23H23N3. The van der Waals surface area contributed by atoms with E-state index in [4.69, 9.17) is 5.10 Å². The predicted octanol–water partition coefficient (Wildman–Crippen LogP) is 5.46. The predicted molar refractivity (Wildman–Crippen MR) is 111 cm³/mol. The zero-order valence-corrected chi connectivity index (χ0v) is 14.8. The normalized spacial score (nSPS) is 14.1. The highest BCUT2D eigenvalue weighted by Gasteiger charge is 2.11. The van der Waals surface area contributed by atoms with Crippen molar-refractivity contribution in [1.29, 1.82) is 0 Å². The molecule has 3 aromatic carbocycles. The Hall–Kier alpha value is -3.07. The summed E-state index contributed by atoms with van der Waals surface area (Å²) in [7, 11) is 0. The average Bonchev–Trinajstić information content (AvgIpc) is 3.25. The van der Waals surface area contributed by atoms with E-state index in [0.717, 1.165) is 16.9 Å². The van der Waals surface area contributed by atoms with Crippen molar-refractivity contribution in [2.45, 2.75) is 12.8 Å². The summed E-state index contributed by atoms with van der Waals surface area (Å²) >= 11 is 0. The number of rotatable bonds is 5. The minimum Gasteiger partial charge on any atom is -0.372 e. The van der Waals surface area contributed by atoms with Gasteiger partial charge in [-0.15, -0.1) is 0 Å². The van der Waals surface area contributed by atoms with Crippen molar-refractivity contribution in [1.82, 2.24) is 0 Å². The molecule has 130 valence electrons. The Bertz CT molecular complexity index is 796. The molecule has 0 aromatic heterocycles. The number of para-hydroxylation sites is 2. The molecule has 0 bridgehead atoms. The van der Waals surface area contributed by atoms with Gasteiger partial charge in [-0.1, -0.05) is 48.5 Å². The van der Waals surface area contributed by atoms with Gasteiger partial charge in [0, 0.05) is 18.8 Å². The highest BCUT2D eigenvalue weighted by molar-refractivity contribution is 5.82. The van der Waals surface area contributed by atoms with E-state index >= 15 is 0 Å². The van der Waals surface area contributed by atoms with Crippen LogP contribution in [0.15, 0.2) is 90.0 Å². The lowest BCUT2D eigenvalue weighted by molar-refractivity contribution is 0.949. The van der Waals surface area contributed by atoms with Crippen LogP contribution in [0.25, 0.3) is 0 Å². The Kier molecular flexibility index (Phi) is 4.97. The Labute approximate surface area is 155 Å². The van der Waals surface area contributed by atoms with Crippen molar-refractivity contribution in [3.8, 4) is 0 Å². The summed E-state index contributed by atoms with van der Waals surface area (Å²) in [5.74, 6) is 0. The fourth-order valence-electron chi connectivity index (χ4n) is 3.29. The molecule has 1 aliphatic rings. The molecule has 1 saturated heterocycles. The van der Waals surface area contributed by atoms with Crippen molar-refractivity contribution < 1.29 is 0 Å². The van der Waals surface area contributed by atoms with Gasteiger partial charge in [0.15, 0.2) is 0 Å². The van der Waals surface area contributed by atoms with Crippen LogP contribution in [0.1, 0.15) is 18.4 Å². The first kappa shape index (κ1) is 16.4. The smallest absolute Gasteiger partial charge is 0.0652 e. The lowest BCUT2D eigenvalue weighted by Crippen LogP contribution is -2.17. The van der Waals surface area contributed by atoms with Crippen LogP contribution in [0.2, 0.25) is 0 Å². The van der Waals surface area contributed by atoms with Gasteiger partial charge in [-0.2, -0.15) is 5.10 Å². The first-order chi connectivity index (χ1) is 12.9. The number of benzene rings is 3. The largest absolute Gasteiger partial charge is 0.372 e. The van der Waals surface area contributed by atoms with Gasteiger partial charge >= 0.3 is 0 Å². The van der Waals surface area contributed by atoms with Crippen molar-refractivity contribution in [3.05, 3.63) is 90.5 Å². The fraction of sp³-hybridized carbons (Fsp3) is 0.174. The number of hydrogen-bond acceptors (Lipinski definition) is 3. The summed E-state index contributed by atoms with van der Waals surface area (Å²) in [5.41, 5.74) is 4.50. The zero-order valence-electron chi connectivity index (χ0n) is 14.8. The van der Waals surface area contributed by atoms with Crippen LogP contribution in [0.3, 0.4) is 0 Å². The number of nitrogens with zero attached hydrogens (tertiary/aromatic N) is 3. The summed E-state index contributed by atoms with van der Waals surface area (Å²) in [6.07, 6.45) is 4.52. The SMILES string of the molecule is C(=N/N(c1ccccc1)c1ccccc1)/c1ccc(N2CCCC2)cc1. The second-order valence-electron chi connectivity index (χ2n) is 6.51. The maximum Gasteiger partial charge on any atom is 0.0652 e. The van der Waals surface area contributed by atoms with E-state index in [0.29, 0.717) is 0 Å². The summed E-state index contributed by atoms with van der Waals surface area (Å²) < 4.78 is 0. The van der Waals surface area contributed by atoms with Crippen molar-refractivity contribution in [2.24, 2.45) is 5.10 Å². The zero-order chi connectivity index (χ0) is 17.6. The molecule has 0 amide bonds. The summed E-state index contributed by atoms with van der Waals surface area (Å²) in [6, 6.07) is 29.1. The third-order valence-corrected chi connectivity index (χ3v) is 4.69. The molecule has 0 aliphatic carbocycles. The molecular weight excluding hydrogens is 318 g/mol. The van der Waals surface area contributed by atoms with E-state index in [1.807, 2.05) is 47.6 Å². The molecule has 0 N–H and O–H groups in total. The molecule has 4 rings (SSSR count). The van der Waals surface area contributed by atoms with Crippen LogP contribution in [0.5, 0.6) is 0 Å². The molecule has 1 aliphatic heterocycles. The Morgan fingerprint density at radius 2 is 1.23 bits per heavy atom. The molecule has 0 saturated carbocycles. The van der Waals surface area contributed by atoms with Crippen molar-refractivity contribution in [2.75, 3.05) is 23.0 Å². The molecule has 26 heavy (non-hydrogen) atoms. The fourth-order valence-corrected chi connectivity index (χ4v) is 3.29. The molecule has 0 atom stereocenters. The van der Waals surface area contributed by atoms with Gasteiger partial charge < -0.3 is 4.90 Å². The first-order valence-corrected chi connectivity index (χ1v) is 9.19. The molecule has 3 heteroatoms. The van der Waals surface area contributed by atoms with E-state index in [-0.39, 0.29) is 0 Å². The van der Waals surface area contributed by atoms with Crippen molar-refractivity contribution in [3.63, 3.8) is 0 Å². The van der Waals surface area contributed by atoms with Crippen LogP contribution < -0.4 is 9.91 Å². The number of hydrogen-bond donors (Lipinski definition) is 0. The monoisotopic (exact) mass is 341 g/mol. The second-order valence-corrected chi connectivity index (χ2v) is 6.51. The summed E-state index contributed by atoms with van der Waals surface area (Å²) in [5, 5.41) is 6.72. The van der Waals surface area contributed by atoms with E-state index in [1.54, 1.807) is 0 Å². The Balaban J connectivity index is 1.57. The third kappa shape index (κ3) is 3.77. The van der Waals surface area contributed by atoms with E-state index in [2.05, 4.69) is 53.4 Å². The van der Waals surface area contributed by atoms with Crippen molar-refractivity contribution >= 4 is 23.3 Å². The van der Waals surface area contributed by atoms with Gasteiger partial charge in [0.1, 0.15) is 0 Å². The topological polar surface area (TPSA) is 18.8 Å². The first-order valence-electron chi connectivity index (χ1n) is 9.19. The molecule has 0 radical (unpaired) electrons. The molecule has 3 aromatic rings. The highest BCUT2D eigenvalue weighted by atomic mass is 15.5. The van der Waals surface area contributed by atoms with Crippen LogP contribution in [0, 0.1) is 0 Å². The van der Waals surface area contributed by atoms with Gasteiger partial charge in [-0.3, -0.25) is 0 Å². The summed E-state index contributed by atoms with van der Waals surface area (Å²) in [6.45, 7) is 2.34. The third-order valence-electron chi connectivity index (χ3n) is 4.69. The molecule has 0 unspecified atom stereocenters. The molecule has 0 spiro atoms. The van der Waals surface area contributed by atoms with Crippen LogP contribution >= 0.6 is 0 Å². The average molecular weight is 341 g/mol. The molecule has 1 fully saturated rings. The maximum atomic E-state index is 4.76. The van der Waals surface area contributed by atoms with Crippen LogP contribution in [-0.2, 0) is 0 Å². The lowest BCUT2D eigenvalue weighted by Gasteiger charge is -2.19. The Morgan fingerprint density at radius 1 is 0.692 bits per heavy atom. The molecule has 3 nitrogen and oxygen atoms in total. The van der Waals surface area contributed by atoms with Gasteiger partial charge in [0.25, 0.3) is 0 Å². The van der Waals surface area contributed by atoms with E-state index in [9.17, 15) is 0 Å². The van der Waals surface area contributed by atoms with Crippen LogP contribution in [-0.4, -0.2) is 19.3 Å². The maximum absolute atomic E-state index is 4.76. The standard InChI is InChI=1S/C23H23N3/c1-3-9-22(10-4-1)26(23-11-5-2-6-12-23)24-19-20-13-15-21(16-14-20)25-17-7-8-18-25/h1-6,9-16,19H,7-8,17-18H2/b24-19-. The Morgan fingerprint density at radius 3 is 1.77 bits per heavy atom. The lowest BCUT2D eigenvalue weighted by atomic mass is 10.2. The number of anilines is 3. The highest BCUT2D eigenvalue weighted by Crippen LogP contribution is 2.25. The van der Waals surface area contributed by atoms with Crippen LogP contribution in [0.4, 0.5) is 17.1 Å². The second kappa shape index (κ2) is 7.87. The minimum atomic E-state index is 1.05. The minimum absolute atomic E-state index is 1.05. The molecule has 1 heterocycles. The quantitative estimate of drug-likeness (QED) is 0.453. The van der Waals surface area contributed by atoms with Gasteiger partial charge in [0.2, 0.25) is 0 Å². The number of hydrazone groups is 1. The van der Waals surface area contributed by atoms with Gasteiger partial charge in [-0.05, 0) is 54.8 Å². The van der Waals surface area contributed by atoms with Gasteiger partial charge in [-0.25, -0.2) is 5.01 Å². The summed E-state index contributed by atoms with van der Waals surface area (Å²) in [4.78, 5) is 2.45. The van der Waals surface area contributed by atoms with Gasteiger partial charge in [0.05, 0.1) is 17.6 Å². The van der Waals surface area contributed by atoms with E-state index < -0.39 is 0 Å².